The second kappa shape index (κ2) is 9.15. The topological polar surface area (TPSA) is 88.2 Å². The van der Waals surface area contributed by atoms with E-state index in [-0.39, 0.29) is 35.9 Å². The molecule has 8 nitrogen and oxygen atoms in total. The van der Waals surface area contributed by atoms with E-state index in [9.17, 15) is 14.4 Å². The average Bonchev–Trinajstić information content (AvgIpc) is 3.49. The lowest BCUT2D eigenvalue weighted by Crippen LogP contribution is -2.79. The number of nitrogens with one attached hydrogen (secondary N) is 1. The van der Waals surface area contributed by atoms with Gasteiger partial charge in [0.1, 0.15) is 12.4 Å². The predicted molar refractivity (Wildman–Crippen MR) is 131 cm³/mol. The summed E-state index contributed by atoms with van der Waals surface area (Å²) >= 11 is 0. The summed E-state index contributed by atoms with van der Waals surface area (Å²) in [6.07, 6.45) is 2.95. The third-order valence-corrected chi connectivity index (χ3v) is 8.19. The summed E-state index contributed by atoms with van der Waals surface area (Å²) in [5.74, 6) is 0.624. The first-order chi connectivity index (χ1) is 17.5. The molecule has 3 unspecified atom stereocenters. The number of nitrogens with zero attached hydrogens (tertiary/aromatic N) is 2. The minimum Gasteiger partial charge on any atom is -0.480 e. The van der Waals surface area contributed by atoms with Gasteiger partial charge in [-0.3, -0.25) is 9.59 Å². The summed E-state index contributed by atoms with van der Waals surface area (Å²) < 4.78 is 11.2. The SMILES string of the molecule is O=C(NC1CCCC1C(=O)N1CCC12CN(C(=O)C1Cc3ccccc3O1)C2)OCc1ccccc1. The molecule has 3 atom stereocenters. The molecule has 6 rings (SSSR count). The van der Waals surface area contributed by atoms with Crippen LogP contribution in [0.1, 0.15) is 36.8 Å². The molecule has 4 aliphatic rings. The van der Waals surface area contributed by atoms with Gasteiger partial charge in [-0.15, -0.1) is 0 Å². The smallest absolute Gasteiger partial charge is 0.407 e. The first kappa shape index (κ1) is 22.9. The maximum atomic E-state index is 13.5. The van der Waals surface area contributed by atoms with Gasteiger partial charge < -0.3 is 24.6 Å². The van der Waals surface area contributed by atoms with Crippen LogP contribution in [0.25, 0.3) is 0 Å². The predicted octanol–water partition coefficient (Wildman–Crippen LogP) is 2.90. The fourth-order valence-electron chi connectivity index (χ4n) is 6.10. The maximum Gasteiger partial charge on any atom is 0.407 e. The van der Waals surface area contributed by atoms with Crippen LogP contribution in [0.5, 0.6) is 5.75 Å². The van der Waals surface area contributed by atoms with Crippen LogP contribution in [0.4, 0.5) is 4.79 Å². The Balaban J connectivity index is 1.01. The standard InChI is InChI=1S/C28H31N3O5/c32-25(21-10-6-11-22(21)29-27(34)35-16-19-7-2-1-3-8-19)31-14-13-28(31)17-30(18-28)26(33)24-15-20-9-4-5-12-23(20)36-24/h1-5,7-9,12,21-22,24H,6,10-11,13-18H2,(H,29,34). The van der Waals surface area contributed by atoms with Crippen molar-refractivity contribution in [1.82, 2.24) is 15.1 Å². The van der Waals surface area contributed by atoms with Crippen molar-refractivity contribution in [3.8, 4) is 5.75 Å². The van der Waals surface area contributed by atoms with Crippen LogP contribution in [-0.4, -0.2) is 65.0 Å². The highest BCUT2D eigenvalue weighted by atomic mass is 16.5. The largest absolute Gasteiger partial charge is 0.480 e. The molecule has 0 bridgehead atoms. The molecule has 3 amide bonds. The van der Waals surface area contributed by atoms with Gasteiger partial charge in [-0.05, 0) is 36.5 Å². The Bertz CT molecular complexity index is 1140. The minimum absolute atomic E-state index is 0.00213. The van der Waals surface area contributed by atoms with Gasteiger partial charge >= 0.3 is 6.09 Å². The molecule has 36 heavy (non-hydrogen) atoms. The van der Waals surface area contributed by atoms with Crippen molar-refractivity contribution in [3.63, 3.8) is 0 Å². The Morgan fingerprint density at radius 1 is 1.00 bits per heavy atom. The van der Waals surface area contributed by atoms with E-state index in [1.807, 2.05) is 64.4 Å². The molecule has 2 aromatic rings. The Kier molecular flexibility index (Phi) is 5.82. The van der Waals surface area contributed by atoms with Crippen molar-refractivity contribution in [2.45, 2.75) is 56.4 Å². The number of carbonyl (C=O) groups is 3. The van der Waals surface area contributed by atoms with Crippen LogP contribution in [0.2, 0.25) is 0 Å². The van der Waals surface area contributed by atoms with Gasteiger partial charge in [0.2, 0.25) is 5.91 Å². The lowest BCUT2D eigenvalue weighted by molar-refractivity contribution is -0.180. The van der Waals surface area contributed by atoms with Crippen molar-refractivity contribution in [2.24, 2.45) is 5.92 Å². The Morgan fingerprint density at radius 2 is 1.78 bits per heavy atom. The Hall–Kier alpha value is -3.55. The molecule has 3 fully saturated rings. The number of benzene rings is 2. The first-order valence-electron chi connectivity index (χ1n) is 12.8. The molecule has 1 saturated carbocycles. The van der Waals surface area contributed by atoms with Gasteiger partial charge in [-0.1, -0.05) is 55.0 Å². The number of likely N-dealkylation sites (tertiary alicyclic amines) is 2. The highest BCUT2D eigenvalue weighted by Crippen LogP contribution is 2.43. The number of hydrogen-bond acceptors (Lipinski definition) is 5. The molecule has 1 aliphatic carbocycles. The molecule has 1 N–H and O–H groups in total. The summed E-state index contributed by atoms with van der Waals surface area (Å²) in [7, 11) is 0. The lowest BCUT2D eigenvalue weighted by Gasteiger charge is -2.63. The fourth-order valence-corrected chi connectivity index (χ4v) is 6.10. The molecule has 3 heterocycles. The van der Waals surface area contributed by atoms with Crippen LogP contribution >= 0.6 is 0 Å². The zero-order valence-corrected chi connectivity index (χ0v) is 20.2. The normalized spacial score (nSPS) is 25.4. The number of fused-ring (bicyclic) bond motifs is 1. The van der Waals surface area contributed by atoms with Crippen molar-refractivity contribution in [1.29, 1.82) is 0 Å². The van der Waals surface area contributed by atoms with Crippen molar-refractivity contribution < 1.29 is 23.9 Å². The van der Waals surface area contributed by atoms with E-state index < -0.39 is 12.2 Å². The van der Waals surface area contributed by atoms with Crippen LogP contribution < -0.4 is 10.1 Å². The Labute approximate surface area is 210 Å². The first-order valence-corrected chi connectivity index (χ1v) is 12.8. The summed E-state index contributed by atoms with van der Waals surface area (Å²) in [6, 6.07) is 17.1. The minimum atomic E-state index is -0.486. The van der Waals surface area contributed by atoms with E-state index in [0.717, 1.165) is 42.6 Å². The molecule has 2 aromatic carbocycles. The van der Waals surface area contributed by atoms with Crippen LogP contribution in [0, 0.1) is 5.92 Å². The van der Waals surface area contributed by atoms with Crippen molar-refractivity contribution in [2.75, 3.05) is 19.6 Å². The monoisotopic (exact) mass is 489 g/mol. The number of alkyl carbamates (subject to hydrolysis) is 1. The molecule has 0 aromatic heterocycles. The van der Waals surface area contributed by atoms with E-state index in [2.05, 4.69) is 5.32 Å². The Morgan fingerprint density at radius 3 is 2.53 bits per heavy atom. The number of hydrogen-bond donors (Lipinski definition) is 1. The average molecular weight is 490 g/mol. The third-order valence-electron chi connectivity index (χ3n) is 8.19. The van der Waals surface area contributed by atoms with Gasteiger partial charge in [0.05, 0.1) is 11.5 Å². The zero-order valence-electron chi connectivity index (χ0n) is 20.2. The number of ether oxygens (including phenoxy) is 2. The molecule has 8 heteroatoms. The van der Waals surface area contributed by atoms with E-state index in [1.54, 1.807) is 0 Å². The molecular formula is C28H31N3O5. The number of rotatable bonds is 5. The number of carbonyl (C=O) groups excluding carboxylic acids is 3. The zero-order chi connectivity index (χ0) is 24.7. The van der Waals surface area contributed by atoms with Crippen LogP contribution in [0.3, 0.4) is 0 Å². The molecule has 188 valence electrons. The highest BCUT2D eigenvalue weighted by Gasteiger charge is 2.58. The van der Waals surface area contributed by atoms with Gasteiger partial charge in [0.15, 0.2) is 6.10 Å². The summed E-state index contributed by atoms with van der Waals surface area (Å²) in [5.41, 5.74) is 1.72. The van der Waals surface area contributed by atoms with Gasteiger partial charge in [-0.2, -0.15) is 0 Å². The molecule has 3 aliphatic heterocycles. The lowest BCUT2D eigenvalue weighted by atomic mass is 9.76. The summed E-state index contributed by atoms with van der Waals surface area (Å²) in [4.78, 5) is 42.7. The second-order valence-electron chi connectivity index (χ2n) is 10.4. The van der Waals surface area contributed by atoms with Gasteiger partial charge in [0, 0.05) is 32.1 Å². The molecule has 2 saturated heterocycles. The van der Waals surface area contributed by atoms with Crippen LogP contribution in [-0.2, 0) is 27.4 Å². The van der Waals surface area contributed by atoms with Gasteiger partial charge in [-0.25, -0.2) is 4.79 Å². The fraction of sp³-hybridized carbons (Fsp3) is 0.464. The van der Waals surface area contributed by atoms with E-state index in [4.69, 9.17) is 9.47 Å². The maximum absolute atomic E-state index is 13.5. The summed E-state index contributed by atoms with van der Waals surface area (Å²) in [5, 5.41) is 2.93. The molecule has 0 radical (unpaired) electrons. The summed E-state index contributed by atoms with van der Waals surface area (Å²) in [6.45, 7) is 2.01. The van der Waals surface area contributed by atoms with Gasteiger partial charge in [0.25, 0.3) is 5.91 Å². The molecular weight excluding hydrogens is 458 g/mol. The van der Waals surface area contributed by atoms with Crippen molar-refractivity contribution in [3.05, 3.63) is 65.7 Å². The third kappa shape index (κ3) is 4.08. The second-order valence-corrected chi connectivity index (χ2v) is 10.4. The quantitative estimate of drug-likeness (QED) is 0.698. The van der Waals surface area contributed by atoms with E-state index in [0.29, 0.717) is 26.1 Å². The van der Waals surface area contributed by atoms with E-state index in [1.165, 1.54) is 0 Å². The number of amides is 3. The highest BCUT2D eigenvalue weighted by molar-refractivity contribution is 5.86. The van der Waals surface area contributed by atoms with Crippen LogP contribution in [0.15, 0.2) is 54.6 Å². The number of para-hydroxylation sites is 1. The van der Waals surface area contributed by atoms with E-state index >= 15 is 0 Å². The molecule has 1 spiro atoms. The van der Waals surface area contributed by atoms with Crippen molar-refractivity contribution >= 4 is 17.9 Å².